The molecule has 68 valence electrons. The largest absolute Gasteiger partial charge is 0.461 e. The Labute approximate surface area is 76.0 Å². The molecule has 0 atom stereocenters. The molecule has 0 saturated heterocycles. The van der Waals surface area contributed by atoms with E-state index in [4.69, 9.17) is 10.3 Å². The van der Waals surface area contributed by atoms with E-state index in [0.29, 0.717) is 6.61 Å². The number of hydrogen-bond donors (Lipinski definition) is 1. The van der Waals surface area contributed by atoms with Crippen molar-refractivity contribution in [2.75, 3.05) is 0 Å². The molecule has 0 saturated carbocycles. The molecule has 3 nitrogen and oxygen atoms in total. The van der Waals surface area contributed by atoms with Gasteiger partial charge in [0.15, 0.2) is 0 Å². The number of hydrogen-bond acceptors (Lipinski definition) is 3. The van der Waals surface area contributed by atoms with E-state index in [1.54, 1.807) is 0 Å². The van der Waals surface area contributed by atoms with Crippen LogP contribution in [0.3, 0.4) is 0 Å². The van der Waals surface area contributed by atoms with Crippen LogP contribution in [0.25, 0.3) is 11.0 Å². The lowest BCUT2D eigenvalue weighted by Crippen LogP contribution is -1.98. The van der Waals surface area contributed by atoms with E-state index in [-0.39, 0.29) is 0 Å². The van der Waals surface area contributed by atoms with Gasteiger partial charge in [0, 0.05) is 5.39 Å². The highest BCUT2D eigenvalue weighted by Crippen LogP contribution is 2.22. The standard InChI is InChI=1S/C10H11NO2/c1-7-5-9-8(6-12-11)3-2-4-10(9)13-7/h2-5H,6,11H2,1H3. The van der Waals surface area contributed by atoms with Crippen LogP contribution in [0.4, 0.5) is 0 Å². The Morgan fingerprint density at radius 3 is 3.08 bits per heavy atom. The molecule has 0 aliphatic rings. The Balaban J connectivity index is 2.60. The molecule has 3 heteroatoms. The van der Waals surface area contributed by atoms with E-state index in [1.807, 2.05) is 31.2 Å². The Morgan fingerprint density at radius 1 is 1.46 bits per heavy atom. The van der Waals surface area contributed by atoms with Crippen molar-refractivity contribution in [1.29, 1.82) is 0 Å². The SMILES string of the molecule is Cc1cc2c(CON)cccc2o1. The van der Waals surface area contributed by atoms with Crippen molar-refractivity contribution < 1.29 is 9.25 Å². The molecule has 0 aliphatic heterocycles. The second kappa shape index (κ2) is 3.20. The zero-order chi connectivity index (χ0) is 9.26. The summed E-state index contributed by atoms with van der Waals surface area (Å²) in [6.45, 7) is 2.34. The van der Waals surface area contributed by atoms with Gasteiger partial charge in [-0.25, -0.2) is 5.90 Å². The predicted octanol–water partition coefficient (Wildman–Crippen LogP) is 2.13. The molecule has 0 unspecified atom stereocenters. The van der Waals surface area contributed by atoms with Crippen molar-refractivity contribution in [1.82, 2.24) is 0 Å². The smallest absolute Gasteiger partial charge is 0.134 e. The first-order valence-corrected chi connectivity index (χ1v) is 4.11. The minimum atomic E-state index is 0.413. The maximum Gasteiger partial charge on any atom is 0.134 e. The number of furan rings is 1. The summed E-state index contributed by atoms with van der Waals surface area (Å²) in [5.41, 5.74) is 1.93. The van der Waals surface area contributed by atoms with Crippen molar-refractivity contribution in [3.8, 4) is 0 Å². The normalized spacial score (nSPS) is 10.9. The van der Waals surface area contributed by atoms with E-state index >= 15 is 0 Å². The van der Waals surface area contributed by atoms with Gasteiger partial charge in [-0.3, -0.25) is 4.84 Å². The minimum absolute atomic E-state index is 0.413. The first-order valence-electron chi connectivity index (χ1n) is 4.11. The summed E-state index contributed by atoms with van der Waals surface area (Å²) < 4.78 is 5.46. The maximum absolute atomic E-state index is 5.46. The topological polar surface area (TPSA) is 48.4 Å². The zero-order valence-corrected chi connectivity index (χ0v) is 7.41. The first kappa shape index (κ1) is 8.29. The zero-order valence-electron chi connectivity index (χ0n) is 7.41. The highest BCUT2D eigenvalue weighted by molar-refractivity contribution is 5.81. The van der Waals surface area contributed by atoms with Gasteiger partial charge in [0.1, 0.15) is 11.3 Å². The van der Waals surface area contributed by atoms with Crippen molar-refractivity contribution >= 4 is 11.0 Å². The third-order valence-corrected chi connectivity index (χ3v) is 2.01. The van der Waals surface area contributed by atoms with Gasteiger partial charge >= 0.3 is 0 Å². The van der Waals surface area contributed by atoms with Crippen LogP contribution in [-0.4, -0.2) is 0 Å². The summed E-state index contributed by atoms with van der Waals surface area (Å²) >= 11 is 0. The summed E-state index contributed by atoms with van der Waals surface area (Å²) in [6, 6.07) is 7.83. The second-order valence-corrected chi connectivity index (χ2v) is 3.00. The summed E-state index contributed by atoms with van der Waals surface area (Å²) in [5.74, 6) is 5.93. The first-order chi connectivity index (χ1) is 6.31. The average Bonchev–Trinajstić information content (AvgIpc) is 2.47. The van der Waals surface area contributed by atoms with Gasteiger partial charge in [-0.05, 0) is 24.6 Å². The fourth-order valence-corrected chi connectivity index (χ4v) is 1.46. The molecule has 2 N–H and O–H groups in total. The third kappa shape index (κ3) is 1.43. The molecule has 0 amide bonds. The molecule has 0 radical (unpaired) electrons. The maximum atomic E-state index is 5.46. The summed E-state index contributed by atoms with van der Waals surface area (Å²) in [5, 5.41) is 1.07. The molecule has 13 heavy (non-hydrogen) atoms. The molecule has 2 rings (SSSR count). The number of aryl methyl sites for hydroxylation is 1. The van der Waals surface area contributed by atoms with E-state index < -0.39 is 0 Å². The number of benzene rings is 1. The number of nitrogens with two attached hydrogens (primary N) is 1. The molecular formula is C10H11NO2. The second-order valence-electron chi connectivity index (χ2n) is 3.00. The lowest BCUT2D eigenvalue weighted by atomic mass is 10.1. The number of fused-ring (bicyclic) bond motifs is 1. The van der Waals surface area contributed by atoms with Crippen LogP contribution in [0.15, 0.2) is 28.7 Å². The van der Waals surface area contributed by atoms with E-state index in [9.17, 15) is 0 Å². The van der Waals surface area contributed by atoms with E-state index in [2.05, 4.69) is 4.84 Å². The third-order valence-electron chi connectivity index (χ3n) is 2.01. The van der Waals surface area contributed by atoms with Crippen LogP contribution in [0, 0.1) is 6.92 Å². The minimum Gasteiger partial charge on any atom is -0.461 e. The van der Waals surface area contributed by atoms with Gasteiger partial charge in [-0.2, -0.15) is 0 Å². The molecule has 1 aromatic heterocycles. The monoisotopic (exact) mass is 177 g/mol. The van der Waals surface area contributed by atoms with Gasteiger partial charge in [-0.1, -0.05) is 12.1 Å². The molecule has 0 spiro atoms. The van der Waals surface area contributed by atoms with Crippen LogP contribution in [0.1, 0.15) is 11.3 Å². The Bertz CT molecular complexity index is 420. The van der Waals surface area contributed by atoms with Crippen molar-refractivity contribution in [2.24, 2.45) is 5.90 Å². The molecular weight excluding hydrogens is 166 g/mol. The average molecular weight is 177 g/mol. The van der Waals surface area contributed by atoms with Crippen LogP contribution >= 0.6 is 0 Å². The summed E-state index contributed by atoms with van der Waals surface area (Å²) in [7, 11) is 0. The Morgan fingerprint density at radius 2 is 2.31 bits per heavy atom. The lowest BCUT2D eigenvalue weighted by molar-refractivity contribution is 0.125. The van der Waals surface area contributed by atoms with Gasteiger partial charge in [-0.15, -0.1) is 0 Å². The summed E-state index contributed by atoms with van der Waals surface area (Å²) in [4.78, 5) is 4.60. The van der Waals surface area contributed by atoms with E-state index in [0.717, 1.165) is 22.3 Å². The van der Waals surface area contributed by atoms with Crippen LogP contribution < -0.4 is 5.90 Å². The van der Waals surface area contributed by atoms with Gasteiger partial charge in [0.05, 0.1) is 6.61 Å². The van der Waals surface area contributed by atoms with Crippen LogP contribution in [0.2, 0.25) is 0 Å². The highest BCUT2D eigenvalue weighted by atomic mass is 16.6. The van der Waals surface area contributed by atoms with Gasteiger partial charge in [0.25, 0.3) is 0 Å². The quantitative estimate of drug-likeness (QED) is 0.715. The van der Waals surface area contributed by atoms with Crippen LogP contribution in [-0.2, 0) is 11.4 Å². The fraction of sp³-hybridized carbons (Fsp3) is 0.200. The molecule has 0 aliphatic carbocycles. The van der Waals surface area contributed by atoms with Gasteiger partial charge in [0.2, 0.25) is 0 Å². The Hall–Kier alpha value is -1.32. The van der Waals surface area contributed by atoms with Crippen molar-refractivity contribution in [2.45, 2.75) is 13.5 Å². The molecule has 0 fully saturated rings. The molecule has 0 bridgehead atoms. The highest BCUT2D eigenvalue weighted by Gasteiger charge is 2.04. The Kier molecular flexibility index (Phi) is 2.04. The lowest BCUT2D eigenvalue weighted by Gasteiger charge is -1.98. The van der Waals surface area contributed by atoms with Gasteiger partial charge < -0.3 is 4.42 Å². The molecule has 2 aromatic rings. The number of rotatable bonds is 2. The fourth-order valence-electron chi connectivity index (χ4n) is 1.46. The van der Waals surface area contributed by atoms with Crippen molar-refractivity contribution in [3.63, 3.8) is 0 Å². The predicted molar refractivity (Wildman–Crippen MR) is 49.9 cm³/mol. The molecule has 1 heterocycles. The van der Waals surface area contributed by atoms with E-state index in [1.165, 1.54) is 0 Å². The summed E-state index contributed by atoms with van der Waals surface area (Å²) in [6.07, 6.45) is 0. The van der Waals surface area contributed by atoms with Crippen LogP contribution in [0.5, 0.6) is 0 Å². The van der Waals surface area contributed by atoms with Crippen molar-refractivity contribution in [3.05, 3.63) is 35.6 Å². The molecule has 1 aromatic carbocycles.